The summed E-state index contributed by atoms with van der Waals surface area (Å²) >= 11 is 0. The van der Waals surface area contributed by atoms with E-state index in [9.17, 15) is 4.79 Å². The van der Waals surface area contributed by atoms with Crippen molar-refractivity contribution < 1.29 is 9.53 Å². The summed E-state index contributed by atoms with van der Waals surface area (Å²) in [4.78, 5) is 11.5. The SMILES string of the molecule is C=C(C(=O)OC)[C@H](CC)Nc1ccc(C2CCC2)cc1. The topological polar surface area (TPSA) is 38.3 Å². The molecule has 20 heavy (non-hydrogen) atoms. The first-order valence-electron chi connectivity index (χ1n) is 7.29. The van der Waals surface area contributed by atoms with E-state index in [1.54, 1.807) is 0 Å². The molecule has 3 nitrogen and oxygen atoms in total. The second-order valence-corrected chi connectivity index (χ2v) is 5.37. The molecule has 1 aliphatic carbocycles. The third kappa shape index (κ3) is 3.21. The lowest BCUT2D eigenvalue weighted by molar-refractivity contribution is -0.136. The highest BCUT2D eigenvalue weighted by atomic mass is 16.5. The van der Waals surface area contributed by atoms with Crippen LogP contribution in [0.15, 0.2) is 36.4 Å². The molecule has 0 heterocycles. The molecule has 0 unspecified atom stereocenters. The van der Waals surface area contributed by atoms with Gasteiger partial charge < -0.3 is 10.1 Å². The highest BCUT2D eigenvalue weighted by Gasteiger charge is 2.20. The molecule has 0 amide bonds. The lowest BCUT2D eigenvalue weighted by Gasteiger charge is -2.26. The van der Waals surface area contributed by atoms with Crippen LogP contribution in [0.2, 0.25) is 0 Å². The number of benzene rings is 1. The minimum atomic E-state index is -0.351. The number of rotatable bonds is 6. The predicted molar refractivity (Wildman–Crippen MR) is 81.9 cm³/mol. The lowest BCUT2D eigenvalue weighted by Crippen LogP contribution is -2.26. The van der Waals surface area contributed by atoms with Gasteiger partial charge in [0, 0.05) is 5.69 Å². The van der Waals surface area contributed by atoms with Crippen LogP contribution in [0.1, 0.15) is 44.1 Å². The third-order valence-electron chi connectivity index (χ3n) is 4.10. The van der Waals surface area contributed by atoms with Crippen molar-refractivity contribution in [3.63, 3.8) is 0 Å². The van der Waals surface area contributed by atoms with E-state index in [1.165, 1.54) is 31.9 Å². The quantitative estimate of drug-likeness (QED) is 0.631. The molecule has 3 heteroatoms. The van der Waals surface area contributed by atoms with Crippen molar-refractivity contribution in [3.8, 4) is 0 Å². The number of hydrogen-bond donors (Lipinski definition) is 1. The summed E-state index contributed by atoms with van der Waals surface area (Å²) in [6, 6.07) is 8.44. The van der Waals surface area contributed by atoms with Gasteiger partial charge in [0.1, 0.15) is 0 Å². The molecule has 0 radical (unpaired) electrons. The Morgan fingerprint density at radius 2 is 2.05 bits per heavy atom. The van der Waals surface area contributed by atoms with Gasteiger partial charge in [-0.15, -0.1) is 0 Å². The number of ether oxygens (including phenoxy) is 1. The predicted octanol–water partition coefficient (Wildman–Crippen LogP) is 3.87. The van der Waals surface area contributed by atoms with E-state index in [2.05, 4.69) is 36.2 Å². The minimum Gasteiger partial charge on any atom is -0.466 e. The molecule has 1 N–H and O–H groups in total. The van der Waals surface area contributed by atoms with Crippen LogP contribution in [0.4, 0.5) is 5.69 Å². The Bertz CT molecular complexity index is 474. The first-order chi connectivity index (χ1) is 9.65. The van der Waals surface area contributed by atoms with E-state index in [-0.39, 0.29) is 12.0 Å². The summed E-state index contributed by atoms with van der Waals surface area (Å²) in [6.45, 7) is 5.85. The van der Waals surface area contributed by atoms with E-state index in [4.69, 9.17) is 4.74 Å². The zero-order chi connectivity index (χ0) is 14.5. The molecular formula is C17H23NO2. The average molecular weight is 273 g/mol. The van der Waals surface area contributed by atoms with E-state index in [1.807, 2.05) is 6.92 Å². The van der Waals surface area contributed by atoms with Crippen LogP contribution in [0.3, 0.4) is 0 Å². The third-order valence-corrected chi connectivity index (χ3v) is 4.10. The van der Waals surface area contributed by atoms with Gasteiger partial charge in [-0.25, -0.2) is 4.79 Å². The first kappa shape index (κ1) is 14.6. The summed E-state index contributed by atoms with van der Waals surface area (Å²) in [6.07, 6.45) is 4.76. The van der Waals surface area contributed by atoms with Crippen molar-refractivity contribution >= 4 is 11.7 Å². The molecule has 0 aliphatic heterocycles. The number of hydrogen-bond acceptors (Lipinski definition) is 3. The molecular weight excluding hydrogens is 250 g/mol. The standard InChI is InChI=1S/C17H23NO2/c1-4-16(12(2)17(19)20-3)18-15-10-8-14(9-11-15)13-6-5-7-13/h8-11,13,16,18H,2,4-7H2,1,3H3/t16-/m0/s1. The van der Waals surface area contributed by atoms with Crippen molar-refractivity contribution in [2.45, 2.75) is 44.6 Å². The van der Waals surface area contributed by atoms with Crippen LogP contribution >= 0.6 is 0 Å². The van der Waals surface area contributed by atoms with Crippen LogP contribution in [0, 0.1) is 0 Å². The molecule has 1 aromatic rings. The zero-order valence-corrected chi connectivity index (χ0v) is 12.3. The van der Waals surface area contributed by atoms with Crippen LogP contribution < -0.4 is 5.32 Å². The fraction of sp³-hybridized carbons (Fsp3) is 0.471. The lowest BCUT2D eigenvalue weighted by atomic mass is 9.80. The minimum absolute atomic E-state index is 0.0861. The molecule has 1 atom stereocenters. The maximum Gasteiger partial charge on any atom is 0.335 e. The van der Waals surface area contributed by atoms with Crippen LogP contribution in [0.5, 0.6) is 0 Å². The van der Waals surface area contributed by atoms with Gasteiger partial charge in [0.05, 0.1) is 18.7 Å². The Morgan fingerprint density at radius 1 is 1.40 bits per heavy atom. The normalized spacial score (nSPS) is 16.1. The second-order valence-electron chi connectivity index (χ2n) is 5.37. The Hall–Kier alpha value is -1.77. The highest BCUT2D eigenvalue weighted by Crippen LogP contribution is 2.36. The van der Waals surface area contributed by atoms with E-state index in [0.717, 1.165) is 18.0 Å². The Labute approximate surface area is 121 Å². The molecule has 0 spiro atoms. The molecule has 1 saturated carbocycles. The number of methoxy groups -OCH3 is 1. The molecule has 1 fully saturated rings. The molecule has 1 aliphatic rings. The van der Waals surface area contributed by atoms with Crippen molar-refractivity contribution in [1.29, 1.82) is 0 Å². The number of nitrogens with one attached hydrogen (secondary N) is 1. The van der Waals surface area contributed by atoms with Gasteiger partial charge >= 0.3 is 5.97 Å². The van der Waals surface area contributed by atoms with E-state index < -0.39 is 0 Å². The van der Waals surface area contributed by atoms with E-state index in [0.29, 0.717) is 5.57 Å². The maximum atomic E-state index is 11.5. The first-order valence-corrected chi connectivity index (χ1v) is 7.29. The number of anilines is 1. The van der Waals surface area contributed by atoms with Crippen LogP contribution in [-0.2, 0) is 9.53 Å². The van der Waals surface area contributed by atoms with Gasteiger partial charge in [0.25, 0.3) is 0 Å². The Balaban J connectivity index is 2.00. The monoisotopic (exact) mass is 273 g/mol. The summed E-state index contributed by atoms with van der Waals surface area (Å²) in [5.74, 6) is 0.395. The van der Waals surface area contributed by atoms with E-state index >= 15 is 0 Å². The molecule has 2 rings (SSSR count). The van der Waals surface area contributed by atoms with Crippen LogP contribution in [0.25, 0.3) is 0 Å². The van der Waals surface area contributed by atoms with Gasteiger partial charge in [-0.05, 0) is 42.9 Å². The van der Waals surface area contributed by atoms with Gasteiger partial charge in [-0.2, -0.15) is 0 Å². The second kappa shape index (κ2) is 6.60. The molecule has 0 saturated heterocycles. The number of esters is 1. The molecule has 1 aromatic carbocycles. The van der Waals surface area contributed by atoms with Gasteiger partial charge in [-0.1, -0.05) is 32.1 Å². The molecule has 108 valence electrons. The van der Waals surface area contributed by atoms with Crippen LogP contribution in [-0.4, -0.2) is 19.1 Å². The number of carbonyl (C=O) groups is 1. The van der Waals surface area contributed by atoms with Gasteiger partial charge in [0.2, 0.25) is 0 Å². The average Bonchev–Trinajstić information content (AvgIpc) is 2.43. The number of carbonyl (C=O) groups excluding carboxylic acids is 1. The molecule has 0 aromatic heterocycles. The van der Waals surface area contributed by atoms with Crippen molar-refractivity contribution in [2.75, 3.05) is 12.4 Å². The van der Waals surface area contributed by atoms with Gasteiger partial charge in [0.15, 0.2) is 0 Å². The maximum absolute atomic E-state index is 11.5. The summed E-state index contributed by atoms with van der Waals surface area (Å²) in [5.41, 5.74) is 2.91. The van der Waals surface area contributed by atoms with Crippen molar-refractivity contribution in [2.24, 2.45) is 0 Å². The molecule has 0 bridgehead atoms. The highest BCUT2D eigenvalue weighted by molar-refractivity contribution is 5.89. The smallest absolute Gasteiger partial charge is 0.335 e. The fourth-order valence-electron chi connectivity index (χ4n) is 2.50. The largest absolute Gasteiger partial charge is 0.466 e. The zero-order valence-electron chi connectivity index (χ0n) is 12.3. The van der Waals surface area contributed by atoms with Crippen molar-refractivity contribution in [3.05, 3.63) is 42.0 Å². The fourth-order valence-corrected chi connectivity index (χ4v) is 2.50. The summed E-state index contributed by atoms with van der Waals surface area (Å²) in [5, 5.41) is 3.35. The Kier molecular flexibility index (Phi) is 4.83. The van der Waals surface area contributed by atoms with Crippen molar-refractivity contribution in [1.82, 2.24) is 0 Å². The summed E-state index contributed by atoms with van der Waals surface area (Å²) in [7, 11) is 1.38. The van der Waals surface area contributed by atoms with Gasteiger partial charge in [-0.3, -0.25) is 0 Å². The summed E-state index contributed by atoms with van der Waals surface area (Å²) < 4.78 is 4.73. The Morgan fingerprint density at radius 3 is 2.50 bits per heavy atom.